The monoisotopic (exact) mass is 389 g/mol. The number of carbonyl (C=O) groups is 2. The third-order valence-electron chi connectivity index (χ3n) is 6.16. The molecule has 2 aliphatic rings. The number of nitrogens with two attached hydrogens (primary N) is 1. The van der Waals surface area contributed by atoms with Gasteiger partial charge < -0.3 is 15.5 Å². The van der Waals surface area contributed by atoms with Crippen molar-refractivity contribution in [1.29, 1.82) is 0 Å². The molecule has 2 aromatic rings. The molecule has 0 radical (unpaired) electrons. The fourth-order valence-electron chi connectivity index (χ4n) is 4.60. The van der Waals surface area contributed by atoms with Crippen LogP contribution in [0, 0.1) is 5.92 Å². The van der Waals surface area contributed by atoms with Gasteiger partial charge in [0.1, 0.15) is 0 Å². The molecule has 5 nitrogen and oxygen atoms in total. The van der Waals surface area contributed by atoms with E-state index in [0.29, 0.717) is 19.6 Å². The Labute approximate surface area is 171 Å². The first-order valence-electron chi connectivity index (χ1n) is 10.2. The highest BCUT2D eigenvalue weighted by molar-refractivity contribution is 5.82. The third-order valence-corrected chi connectivity index (χ3v) is 6.16. The summed E-state index contributed by atoms with van der Waals surface area (Å²) >= 11 is 0. The lowest BCUT2D eigenvalue weighted by atomic mass is 9.89. The summed E-state index contributed by atoms with van der Waals surface area (Å²) in [5, 5.41) is 0. The molecular formula is C24H27N3O2. The summed E-state index contributed by atoms with van der Waals surface area (Å²) in [6, 6.07) is 18.0. The van der Waals surface area contributed by atoms with Gasteiger partial charge in [0, 0.05) is 32.1 Å². The minimum Gasteiger partial charge on any atom is -0.342 e. The number of hydrogen-bond acceptors (Lipinski definition) is 3. The molecule has 0 spiro atoms. The molecule has 2 aliphatic heterocycles. The quantitative estimate of drug-likeness (QED) is 0.874. The molecule has 1 saturated heterocycles. The fraction of sp³-hybridized carbons (Fsp3) is 0.333. The van der Waals surface area contributed by atoms with Gasteiger partial charge in [-0.1, -0.05) is 54.6 Å². The van der Waals surface area contributed by atoms with Crippen molar-refractivity contribution in [2.75, 3.05) is 19.6 Å². The van der Waals surface area contributed by atoms with Crippen LogP contribution in [-0.4, -0.2) is 41.2 Å². The van der Waals surface area contributed by atoms with Crippen LogP contribution >= 0.6 is 0 Å². The van der Waals surface area contributed by atoms with Crippen molar-refractivity contribution < 1.29 is 9.59 Å². The summed E-state index contributed by atoms with van der Waals surface area (Å²) in [7, 11) is 0. The van der Waals surface area contributed by atoms with E-state index in [0.717, 1.165) is 11.1 Å². The predicted octanol–water partition coefficient (Wildman–Crippen LogP) is 3.15. The molecule has 1 unspecified atom stereocenters. The van der Waals surface area contributed by atoms with Crippen LogP contribution in [0.25, 0.3) is 6.08 Å². The van der Waals surface area contributed by atoms with Gasteiger partial charge in [0.2, 0.25) is 11.8 Å². The van der Waals surface area contributed by atoms with Gasteiger partial charge in [-0.25, -0.2) is 0 Å². The maximum absolute atomic E-state index is 13.3. The number of carbonyl (C=O) groups excluding carboxylic acids is 2. The number of likely N-dealkylation sites (tertiary alicyclic amines) is 1. The number of amides is 2. The molecule has 2 amide bonds. The first-order chi connectivity index (χ1) is 14.1. The zero-order valence-electron chi connectivity index (χ0n) is 16.7. The van der Waals surface area contributed by atoms with Crippen molar-refractivity contribution in [3.63, 3.8) is 0 Å². The summed E-state index contributed by atoms with van der Waals surface area (Å²) in [5.74, 6) is 0.525. The lowest BCUT2D eigenvalue weighted by Crippen LogP contribution is -2.37. The lowest BCUT2D eigenvalue weighted by molar-refractivity contribution is -0.134. The summed E-state index contributed by atoms with van der Waals surface area (Å²) < 4.78 is 0. The maximum atomic E-state index is 13.3. The normalized spacial score (nSPS) is 23.2. The number of benzene rings is 2. The van der Waals surface area contributed by atoms with Gasteiger partial charge in [-0.2, -0.15) is 0 Å². The first-order valence-corrected chi connectivity index (χ1v) is 10.2. The van der Waals surface area contributed by atoms with Gasteiger partial charge >= 0.3 is 0 Å². The molecule has 0 saturated carbocycles. The molecule has 3 atom stereocenters. The highest BCUT2D eigenvalue weighted by atomic mass is 16.2. The van der Waals surface area contributed by atoms with Crippen LogP contribution in [0.15, 0.2) is 60.8 Å². The summed E-state index contributed by atoms with van der Waals surface area (Å²) in [4.78, 5) is 29.0. The van der Waals surface area contributed by atoms with Crippen LogP contribution in [0.4, 0.5) is 0 Å². The van der Waals surface area contributed by atoms with E-state index in [1.165, 1.54) is 5.56 Å². The number of fused-ring (bicyclic) bond motifs is 1. The molecule has 0 aliphatic carbocycles. The lowest BCUT2D eigenvalue weighted by Gasteiger charge is -2.33. The number of nitrogens with zero attached hydrogens (tertiary/aromatic N) is 2. The summed E-state index contributed by atoms with van der Waals surface area (Å²) in [6.45, 7) is 3.44. The SMILES string of the molecule is CC(=O)N1C=Cc2ccccc2C1CC(=O)N1C[C@@H](CN)[C@H](c2ccccc2)C1. The molecule has 150 valence electrons. The van der Waals surface area contributed by atoms with E-state index in [4.69, 9.17) is 5.73 Å². The Balaban J connectivity index is 1.54. The van der Waals surface area contributed by atoms with Gasteiger partial charge in [0.05, 0.1) is 12.5 Å². The predicted molar refractivity (Wildman–Crippen MR) is 114 cm³/mol. The van der Waals surface area contributed by atoms with Crippen LogP contribution in [-0.2, 0) is 9.59 Å². The Hall–Kier alpha value is -2.92. The Morgan fingerprint density at radius 3 is 2.48 bits per heavy atom. The Bertz CT molecular complexity index is 925. The fourth-order valence-corrected chi connectivity index (χ4v) is 4.60. The molecule has 1 fully saturated rings. The second-order valence-corrected chi connectivity index (χ2v) is 7.90. The van der Waals surface area contributed by atoms with Crippen molar-refractivity contribution in [2.45, 2.75) is 25.3 Å². The molecule has 5 heteroatoms. The molecule has 2 N–H and O–H groups in total. The minimum absolute atomic E-state index is 0.0584. The van der Waals surface area contributed by atoms with E-state index in [2.05, 4.69) is 12.1 Å². The zero-order chi connectivity index (χ0) is 20.4. The van der Waals surface area contributed by atoms with E-state index >= 15 is 0 Å². The highest BCUT2D eigenvalue weighted by Crippen LogP contribution is 2.36. The average Bonchev–Trinajstić information content (AvgIpc) is 3.19. The maximum Gasteiger partial charge on any atom is 0.225 e. The second-order valence-electron chi connectivity index (χ2n) is 7.90. The van der Waals surface area contributed by atoms with Crippen LogP contribution in [0.1, 0.15) is 42.0 Å². The van der Waals surface area contributed by atoms with Gasteiger partial charge in [-0.3, -0.25) is 9.59 Å². The smallest absolute Gasteiger partial charge is 0.225 e. The average molecular weight is 389 g/mol. The molecular weight excluding hydrogens is 362 g/mol. The summed E-state index contributed by atoms with van der Waals surface area (Å²) in [6.07, 6.45) is 4.01. The van der Waals surface area contributed by atoms with Crippen molar-refractivity contribution >= 4 is 17.9 Å². The molecule has 0 bridgehead atoms. The summed E-state index contributed by atoms with van der Waals surface area (Å²) in [5.41, 5.74) is 9.35. The Kier molecular flexibility index (Phi) is 5.49. The molecule has 0 aromatic heterocycles. The third kappa shape index (κ3) is 3.83. The van der Waals surface area contributed by atoms with Gasteiger partial charge in [0.15, 0.2) is 0 Å². The molecule has 2 heterocycles. The van der Waals surface area contributed by atoms with Crippen molar-refractivity contribution in [2.24, 2.45) is 11.7 Å². The van der Waals surface area contributed by atoms with Gasteiger partial charge in [-0.05, 0) is 35.2 Å². The number of hydrogen-bond donors (Lipinski definition) is 1. The molecule has 4 rings (SSSR count). The van der Waals surface area contributed by atoms with E-state index in [9.17, 15) is 9.59 Å². The largest absolute Gasteiger partial charge is 0.342 e. The van der Waals surface area contributed by atoms with Gasteiger partial charge in [0.25, 0.3) is 0 Å². The van der Waals surface area contributed by atoms with Crippen LogP contribution in [0.2, 0.25) is 0 Å². The van der Waals surface area contributed by atoms with Crippen LogP contribution < -0.4 is 5.73 Å². The van der Waals surface area contributed by atoms with E-state index in [1.807, 2.05) is 53.4 Å². The van der Waals surface area contributed by atoms with Crippen molar-refractivity contribution in [3.05, 3.63) is 77.5 Å². The molecule has 2 aromatic carbocycles. The van der Waals surface area contributed by atoms with E-state index in [1.54, 1.807) is 18.0 Å². The van der Waals surface area contributed by atoms with Crippen molar-refractivity contribution in [3.8, 4) is 0 Å². The number of rotatable bonds is 4. The Morgan fingerprint density at radius 1 is 1.03 bits per heavy atom. The van der Waals surface area contributed by atoms with E-state index in [-0.39, 0.29) is 36.1 Å². The second kappa shape index (κ2) is 8.21. The first kappa shape index (κ1) is 19.4. The topological polar surface area (TPSA) is 66.6 Å². The van der Waals surface area contributed by atoms with E-state index < -0.39 is 0 Å². The van der Waals surface area contributed by atoms with Gasteiger partial charge in [-0.15, -0.1) is 0 Å². The van der Waals surface area contributed by atoms with Crippen molar-refractivity contribution in [1.82, 2.24) is 9.80 Å². The highest BCUT2D eigenvalue weighted by Gasteiger charge is 2.37. The molecule has 29 heavy (non-hydrogen) atoms. The van der Waals surface area contributed by atoms with Crippen LogP contribution in [0.5, 0.6) is 0 Å². The van der Waals surface area contributed by atoms with Crippen LogP contribution in [0.3, 0.4) is 0 Å². The minimum atomic E-state index is -0.270. The zero-order valence-corrected chi connectivity index (χ0v) is 16.7. The Morgan fingerprint density at radius 2 is 1.76 bits per heavy atom. The standard InChI is InChI=1S/C24H27N3O2/c1-17(28)27-12-11-19-9-5-6-10-21(19)23(27)13-24(29)26-15-20(14-25)22(16-26)18-7-3-2-4-8-18/h2-12,20,22-23H,13-16,25H2,1H3/t20-,22+,23?/m1/s1.